The highest BCUT2D eigenvalue weighted by Gasteiger charge is 2.31. The molecule has 0 saturated heterocycles. The number of hydrogen-bond donors (Lipinski definition) is 2. The lowest BCUT2D eigenvalue weighted by molar-refractivity contribution is -0.274. The molecule has 0 aliphatic heterocycles. The second kappa shape index (κ2) is 10.9. The normalized spacial score (nSPS) is 11.1. The van der Waals surface area contributed by atoms with Crippen LogP contribution < -0.4 is 20.1 Å². The molecule has 0 atom stereocenters. The van der Waals surface area contributed by atoms with Gasteiger partial charge in [0.2, 0.25) is 0 Å². The van der Waals surface area contributed by atoms with Crippen LogP contribution in [0.2, 0.25) is 0 Å². The number of nitrogens with one attached hydrogen (secondary N) is 2. The zero-order valence-corrected chi connectivity index (χ0v) is 17.9. The van der Waals surface area contributed by atoms with Gasteiger partial charge in [-0.15, -0.1) is 24.5 Å². The highest BCUT2D eigenvalue weighted by atomic mass is 32.1. The fourth-order valence-corrected chi connectivity index (χ4v) is 3.31. The number of rotatable bonds is 9. The Balaban J connectivity index is 1.41. The number of nitrogens with zero attached hydrogens (tertiary/aromatic N) is 1. The minimum absolute atomic E-state index is 0.00755. The summed E-state index contributed by atoms with van der Waals surface area (Å²) in [6.07, 6.45) is -4.81. The van der Waals surface area contributed by atoms with E-state index in [0.717, 1.165) is 41.7 Å². The smallest absolute Gasteiger partial charge is 0.484 e. The minimum atomic E-state index is -4.81. The first-order valence-corrected chi connectivity index (χ1v) is 10.4. The van der Waals surface area contributed by atoms with Gasteiger partial charge in [-0.2, -0.15) is 0 Å². The van der Waals surface area contributed by atoms with Crippen LogP contribution in [-0.2, 0) is 17.9 Å². The van der Waals surface area contributed by atoms with Gasteiger partial charge in [-0.3, -0.25) is 9.59 Å². The van der Waals surface area contributed by atoms with Crippen LogP contribution in [0.4, 0.5) is 22.0 Å². The number of hydrogen-bond acceptors (Lipinski definition) is 6. The number of amides is 2. The summed E-state index contributed by atoms with van der Waals surface area (Å²) >= 11 is 1.11. The number of aromatic nitrogens is 1. The first-order chi connectivity index (χ1) is 16.1. The molecule has 1 aromatic heterocycles. The fraction of sp³-hybridized carbons (Fsp3) is 0.190. The predicted molar refractivity (Wildman–Crippen MR) is 110 cm³/mol. The molecule has 2 amide bonds. The molecule has 3 aromatic rings. The zero-order valence-electron chi connectivity index (χ0n) is 17.1. The van der Waals surface area contributed by atoms with Crippen LogP contribution in [0.5, 0.6) is 11.5 Å². The van der Waals surface area contributed by atoms with Crippen LogP contribution in [0.25, 0.3) is 0 Å². The molecule has 0 fully saturated rings. The summed E-state index contributed by atoms with van der Waals surface area (Å²) in [5.41, 5.74) is 0.319. The Morgan fingerprint density at radius 2 is 1.59 bits per heavy atom. The van der Waals surface area contributed by atoms with Crippen LogP contribution >= 0.6 is 11.3 Å². The van der Waals surface area contributed by atoms with Crippen LogP contribution in [0.1, 0.15) is 21.1 Å². The van der Waals surface area contributed by atoms with E-state index in [1.54, 1.807) is 0 Å². The van der Waals surface area contributed by atoms with Gasteiger partial charge >= 0.3 is 6.36 Å². The molecule has 3 rings (SSSR count). The average Bonchev–Trinajstić information content (AvgIpc) is 3.23. The third kappa shape index (κ3) is 7.99. The molecular formula is C21H16F5N3O4S. The number of carbonyl (C=O) groups is 2. The summed E-state index contributed by atoms with van der Waals surface area (Å²) in [7, 11) is 0. The Bertz CT molecular complexity index is 1130. The highest BCUT2D eigenvalue weighted by Crippen LogP contribution is 2.24. The molecule has 13 heteroatoms. The Kier molecular flexibility index (Phi) is 7.99. The number of thiazole rings is 1. The maximum atomic E-state index is 13.2. The third-order valence-electron chi connectivity index (χ3n) is 4.02. The van der Waals surface area contributed by atoms with Gasteiger partial charge in [0.1, 0.15) is 33.8 Å². The lowest BCUT2D eigenvalue weighted by Gasteiger charge is -2.10. The molecule has 2 N–H and O–H groups in total. The van der Waals surface area contributed by atoms with Crippen molar-refractivity contribution in [3.8, 4) is 11.5 Å². The van der Waals surface area contributed by atoms with E-state index in [1.165, 1.54) is 17.5 Å². The van der Waals surface area contributed by atoms with Crippen molar-refractivity contribution >= 4 is 23.2 Å². The molecule has 34 heavy (non-hydrogen) atoms. The molecule has 2 aromatic carbocycles. The number of alkyl halides is 3. The molecule has 0 radical (unpaired) electrons. The van der Waals surface area contributed by atoms with E-state index in [9.17, 15) is 31.5 Å². The zero-order chi connectivity index (χ0) is 24.7. The molecule has 0 spiro atoms. The molecule has 7 nitrogen and oxygen atoms in total. The van der Waals surface area contributed by atoms with Crippen LogP contribution in [0, 0.1) is 11.6 Å². The quantitative estimate of drug-likeness (QED) is 0.434. The fourth-order valence-electron chi connectivity index (χ4n) is 2.59. The molecule has 0 unspecified atom stereocenters. The summed E-state index contributed by atoms with van der Waals surface area (Å²) in [6, 6.07) is 7.45. The van der Waals surface area contributed by atoms with E-state index in [0.29, 0.717) is 5.01 Å². The first kappa shape index (κ1) is 24.9. The summed E-state index contributed by atoms with van der Waals surface area (Å²) in [5.74, 6) is -2.85. The first-order valence-electron chi connectivity index (χ1n) is 9.50. The molecule has 0 saturated carbocycles. The topological polar surface area (TPSA) is 89.6 Å². The largest absolute Gasteiger partial charge is 0.573 e. The monoisotopic (exact) mass is 501 g/mol. The van der Waals surface area contributed by atoms with Gasteiger partial charge in [-0.05, 0) is 42.0 Å². The SMILES string of the molecule is O=C(COc1ccc(OC(F)(F)F)cc1)NCc1nc(C(=O)NCc2cc(F)cc(F)c2)cs1. The molecule has 0 aliphatic rings. The second-order valence-electron chi connectivity index (χ2n) is 6.67. The Morgan fingerprint density at radius 3 is 2.24 bits per heavy atom. The van der Waals surface area contributed by atoms with Gasteiger partial charge in [0.15, 0.2) is 6.61 Å². The van der Waals surface area contributed by atoms with Gasteiger partial charge < -0.3 is 20.1 Å². The Morgan fingerprint density at radius 1 is 0.941 bits per heavy atom. The predicted octanol–water partition coefficient (Wildman–Crippen LogP) is 3.95. The lowest BCUT2D eigenvalue weighted by atomic mass is 10.2. The maximum absolute atomic E-state index is 13.2. The molecule has 1 heterocycles. The van der Waals surface area contributed by atoms with Crippen molar-refractivity contribution in [3.63, 3.8) is 0 Å². The van der Waals surface area contributed by atoms with E-state index in [4.69, 9.17) is 4.74 Å². The van der Waals surface area contributed by atoms with Crippen molar-refractivity contribution in [2.45, 2.75) is 19.5 Å². The standard InChI is InChI=1S/C21H16F5N3O4S/c22-13-5-12(6-14(23)7-13)8-28-20(31)17-11-34-19(29-17)9-27-18(30)10-32-15-1-3-16(4-2-15)33-21(24,25)26/h1-7,11H,8-10H2,(H,27,30)(H,28,31). The van der Waals surface area contributed by atoms with E-state index in [-0.39, 0.29) is 30.1 Å². The maximum Gasteiger partial charge on any atom is 0.573 e. The number of benzene rings is 2. The van der Waals surface area contributed by atoms with E-state index in [1.807, 2.05) is 0 Å². The Hall–Kier alpha value is -3.74. The summed E-state index contributed by atoms with van der Waals surface area (Å²) in [6.45, 7) is -0.492. The van der Waals surface area contributed by atoms with Crippen molar-refractivity contribution in [1.82, 2.24) is 15.6 Å². The van der Waals surface area contributed by atoms with Crippen LogP contribution in [0.15, 0.2) is 47.8 Å². The summed E-state index contributed by atoms with van der Waals surface area (Å²) in [5, 5.41) is 6.91. The van der Waals surface area contributed by atoms with E-state index < -0.39 is 42.2 Å². The third-order valence-corrected chi connectivity index (χ3v) is 4.87. The second-order valence-corrected chi connectivity index (χ2v) is 7.61. The van der Waals surface area contributed by atoms with Crippen molar-refractivity contribution in [2.24, 2.45) is 0 Å². The average molecular weight is 501 g/mol. The number of carbonyl (C=O) groups excluding carboxylic acids is 2. The lowest BCUT2D eigenvalue weighted by Crippen LogP contribution is -2.28. The molecule has 0 aliphatic carbocycles. The van der Waals surface area contributed by atoms with E-state index in [2.05, 4.69) is 20.4 Å². The minimum Gasteiger partial charge on any atom is -0.484 e. The molecule has 180 valence electrons. The molecule has 0 bridgehead atoms. The van der Waals surface area contributed by atoms with Crippen molar-refractivity contribution in [1.29, 1.82) is 0 Å². The van der Waals surface area contributed by atoms with Crippen molar-refractivity contribution in [3.05, 3.63) is 75.7 Å². The highest BCUT2D eigenvalue weighted by molar-refractivity contribution is 7.09. The number of ether oxygens (including phenoxy) is 2. The number of halogens is 5. The van der Waals surface area contributed by atoms with Gasteiger partial charge in [0, 0.05) is 18.0 Å². The van der Waals surface area contributed by atoms with E-state index >= 15 is 0 Å². The van der Waals surface area contributed by atoms with Crippen LogP contribution in [0.3, 0.4) is 0 Å². The van der Waals surface area contributed by atoms with Crippen LogP contribution in [-0.4, -0.2) is 29.8 Å². The van der Waals surface area contributed by atoms with Gasteiger partial charge in [-0.1, -0.05) is 0 Å². The van der Waals surface area contributed by atoms with Gasteiger partial charge in [0.05, 0.1) is 6.54 Å². The van der Waals surface area contributed by atoms with Crippen molar-refractivity contribution < 1.29 is 41.0 Å². The molecular weight excluding hydrogens is 485 g/mol. The Labute approximate surface area is 193 Å². The van der Waals surface area contributed by atoms with Gasteiger partial charge in [-0.25, -0.2) is 13.8 Å². The summed E-state index contributed by atoms with van der Waals surface area (Å²) in [4.78, 5) is 28.2. The summed E-state index contributed by atoms with van der Waals surface area (Å²) < 4.78 is 71.8. The van der Waals surface area contributed by atoms with Gasteiger partial charge in [0.25, 0.3) is 11.8 Å². The van der Waals surface area contributed by atoms with Crippen molar-refractivity contribution in [2.75, 3.05) is 6.61 Å².